The summed E-state index contributed by atoms with van der Waals surface area (Å²) >= 11 is 6.43. The first-order chi connectivity index (χ1) is 13.5. The van der Waals surface area contributed by atoms with Crippen molar-refractivity contribution in [2.45, 2.75) is 39.4 Å². The zero-order chi connectivity index (χ0) is 20.1. The molecular formula is C21H30ClNO5. The Kier molecular flexibility index (Phi) is 7.43. The molecule has 1 unspecified atom stereocenters. The van der Waals surface area contributed by atoms with E-state index >= 15 is 0 Å². The van der Waals surface area contributed by atoms with Crippen LogP contribution in [0, 0.1) is 11.8 Å². The van der Waals surface area contributed by atoms with Gasteiger partial charge in [-0.2, -0.15) is 0 Å². The fourth-order valence-electron chi connectivity index (χ4n) is 3.63. The maximum atomic E-state index is 13.1. The van der Waals surface area contributed by atoms with Crippen molar-refractivity contribution in [1.29, 1.82) is 0 Å². The van der Waals surface area contributed by atoms with E-state index in [-0.39, 0.29) is 18.1 Å². The molecular weight excluding hydrogens is 382 g/mol. The number of rotatable bonds is 7. The standard InChI is InChI=1S/C21H30ClNO5/c1-14(2)6-8-26-19-17(22)11-16(12-18(19)25-3)20(24)23-7-4-5-15(13-23)21-27-9-10-28-21/h11-12,14-15,21H,4-10,13H2,1-3H3. The third kappa shape index (κ3) is 5.10. The molecule has 0 bridgehead atoms. The Morgan fingerprint density at radius 3 is 2.75 bits per heavy atom. The molecule has 2 aliphatic rings. The number of methoxy groups -OCH3 is 1. The molecule has 3 rings (SSSR count). The van der Waals surface area contributed by atoms with Crippen molar-refractivity contribution in [2.75, 3.05) is 40.0 Å². The van der Waals surface area contributed by atoms with Crippen LogP contribution < -0.4 is 9.47 Å². The summed E-state index contributed by atoms with van der Waals surface area (Å²) in [4.78, 5) is 14.9. The fraction of sp³-hybridized carbons (Fsp3) is 0.667. The minimum atomic E-state index is -0.203. The number of hydrogen-bond donors (Lipinski definition) is 0. The zero-order valence-electron chi connectivity index (χ0n) is 16.9. The SMILES string of the molecule is COc1cc(C(=O)N2CCCC(C3OCCO3)C2)cc(Cl)c1OCCC(C)C. The second-order valence-corrected chi connectivity index (χ2v) is 8.19. The molecule has 2 fully saturated rings. The molecule has 0 aromatic heterocycles. The van der Waals surface area contributed by atoms with Gasteiger partial charge in [-0.3, -0.25) is 4.79 Å². The van der Waals surface area contributed by atoms with E-state index in [1.165, 1.54) is 0 Å². The minimum absolute atomic E-state index is 0.0587. The Labute approximate surface area is 172 Å². The van der Waals surface area contributed by atoms with Crippen molar-refractivity contribution in [3.8, 4) is 11.5 Å². The molecule has 7 heteroatoms. The Morgan fingerprint density at radius 1 is 1.32 bits per heavy atom. The summed E-state index contributed by atoms with van der Waals surface area (Å²) in [5.41, 5.74) is 0.506. The second kappa shape index (κ2) is 9.81. The second-order valence-electron chi connectivity index (χ2n) is 7.78. The molecule has 0 aliphatic carbocycles. The van der Waals surface area contributed by atoms with Gasteiger partial charge in [0, 0.05) is 24.6 Å². The van der Waals surface area contributed by atoms with E-state index in [2.05, 4.69) is 13.8 Å². The van der Waals surface area contributed by atoms with E-state index in [4.69, 9.17) is 30.5 Å². The lowest BCUT2D eigenvalue weighted by atomic mass is 9.96. The van der Waals surface area contributed by atoms with Gasteiger partial charge in [-0.25, -0.2) is 0 Å². The van der Waals surface area contributed by atoms with Crippen molar-refractivity contribution in [3.63, 3.8) is 0 Å². The predicted molar refractivity (Wildman–Crippen MR) is 107 cm³/mol. The van der Waals surface area contributed by atoms with Gasteiger partial charge in [-0.05, 0) is 37.3 Å². The number of hydrogen-bond acceptors (Lipinski definition) is 5. The van der Waals surface area contributed by atoms with Gasteiger partial charge in [-0.1, -0.05) is 25.4 Å². The molecule has 0 N–H and O–H groups in total. The van der Waals surface area contributed by atoms with Crippen LogP contribution in [0.25, 0.3) is 0 Å². The number of ether oxygens (including phenoxy) is 4. The summed E-state index contributed by atoms with van der Waals surface area (Å²) in [6, 6.07) is 3.38. The third-order valence-electron chi connectivity index (χ3n) is 5.20. The van der Waals surface area contributed by atoms with E-state index in [0.717, 1.165) is 19.3 Å². The first-order valence-corrected chi connectivity index (χ1v) is 10.4. The smallest absolute Gasteiger partial charge is 0.254 e. The normalized spacial score (nSPS) is 20.6. The van der Waals surface area contributed by atoms with Gasteiger partial charge in [0.15, 0.2) is 17.8 Å². The van der Waals surface area contributed by atoms with Crippen LogP contribution in [0.2, 0.25) is 5.02 Å². The number of carbonyl (C=O) groups is 1. The highest BCUT2D eigenvalue weighted by atomic mass is 35.5. The van der Waals surface area contributed by atoms with E-state index in [1.807, 2.05) is 4.90 Å². The zero-order valence-corrected chi connectivity index (χ0v) is 17.7. The minimum Gasteiger partial charge on any atom is -0.493 e. The highest BCUT2D eigenvalue weighted by Crippen LogP contribution is 2.37. The van der Waals surface area contributed by atoms with Crippen LogP contribution in [0.15, 0.2) is 12.1 Å². The molecule has 0 saturated carbocycles. The van der Waals surface area contributed by atoms with E-state index < -0.39 is 0 Å². The van der Waals surface area contributed by atoms with Gasteiger partial charge < -0.3 is 23.8 Å². The molecule has 156 valence electrons. The lowest BCUT2D eigenvalue weighted by molar-refractivity contribution is -0.0969. The molecule has 2 saturated heterocycles. The highest BCUT2D eigenvalue weighted by molar-refractivity contribution is 6.32. The molecule has 6 nitrogen and oxygen atoms in total. The molecule has 1 aromatic rings. The number of halogens is 1. The maximum Gasteiger partial charge on any atom is 0.254 e. The molecule has 1 atom stereocenters. The first kappa shape index (κ1) is 21.2. The third-order valence-corrected chi connectivity index (χ3v) is 5.48. The van der Waals surface area contributed by atoms with Crippen LogP contribution in [-0.4, -0.2) is 57.1 Å². The Morgan fingerprint density at radius 2 is 2.07 bits per heavy atom. The molecule has 0 spiro atoms. The molecule has 2 heterocycles. The molecule has 0 radical (unpaired) electrons. The van der Waals surface area contributed by atoms with Gasteiger partial charge in [-0.15, -0.1) is 0 Å². The van der Waals surface area contributed by atoms with Gasteiger partial charge in [0.1, 0.15) is 0 Å². The quantitative estimate of drug-likeness (QED) is 0.678. The lowest BCUT2D eigenvalue weighted by Gasteiger charge is -2.34. The Balaban J connectivity index is 1.71. The summed E-state index contributed by atoms with van der Waals surface area (Å²) in [5, 5.41) is 0.391. The molecule has 28 heavy (non-hydrogen) atoms. The van der Waals surface area contributed by atoms with E-state index in [9.17, 15) is 4.79 Å². The first-order valence-electron chi connectivity index (χ1n) is 10.0. The summed E-state index contributed by atoms with van der Waals surface area (Å²) in [6.07, 6.45) is 2.65. The monoisotopic (exact) mass is 411 g/mol. The molecule has 2 aliphatic heterocycles. The molecule has 1 amide bonds. The number of piperidine rings is 1. The fourth-order valence-corrected chi connectivity index (χ4v) is 3.89. The van der Waals surface area contributed by atoms with Crippen LogP contribution in [0.3, 0.4) is 0 Å². The Bertz CT molecular complexity index is 675. The lowest BCUT2D eigenvalue weighted by Crippen LogP contribution is -2.43. The number of likely N-dealkylation sites (tertiary alicyclic amines) is 1. The van der Waals surface area contributed by atoms with Crippen LogP contribution in [0.5, 0.6) is 11.5 Å². The summed E-state index contributed by atoms with van der Waals surface area (Å²) in [6.45, 7) is 7.41. The number of benzene rings is 1. The van der Waals surface area contributed by atoms with E-state index in [0.29, 0.717) is 60.9 Å². The van der Waals surface area contributed by atoms with Crippen LogP contribution in [0.1, 0.15) is 43.5 Å². The van der Waals surface area contributed by atoms with Crippen LogP contribution >= 0.6 is 11.6 Å². The van der Waals surface area contributed by atoms with Crippen LogP contribution in [0.4, 0.5) is 0 Å². The van der Waals surface area contributed by atoms with Crippen molar-refractivity contribution in [1.82, 2.24) is 4.90 Å². The van der Waals surface area contributed by atoms with Gasteiger partial charge >= 0.3 is 0 Å². The highest BCUT2D eigenvalue weighted by Gasteiger charge is 2.33. The van der Waals surface area contributed by atoms with E-state index in [1.54, 1.807) is 19.2 Å². The summed E-state index contributed by atoms with van der Waals surface area (Å²) in [5.74, 6) is 1.65. The summed E-state index contributed by atoms with van der Waals surface area (Å²) in [7, 11) is 1.56. The van der Waals surface area contributed by atoms with Crippen molar-refractivity contribution < 1.29 is 23.7 Å². The number of nitrogens with zero attached hydrogens (tertiary/aromatic N) is 1. The van der Waals surface area contributed by atoms with Crippen molar-refractivity contribution in [3.05, 3.63) is 22.7 Å². The largest absolute Gasteiger partial charge is 0.493 e. The number of amides is 1. The predicted octanol–water partition coefficient (Wildman–Crippen LogP) is 4.00. The Hall–Kier alpha value is -1.50. The average molecular weight is 412 g/mol. The van der Waals surface area contributed by atoms with Gasteiger partial charge in [0.2, 0.25) is 0 Å². The number of carbonyl (C=O) groups excluding carboxylic acids is 1. The van der Waals surface area contributed by atoms with Crippen molar-refractivity contribution in [2.24, 2.45) is 11.8 Å². The van der Waals surface area contributed by atoms with Gasteiger partial charge in [0.25, 0.3) is 5.91 Å². The summed E-state index contributed by atoms with van der Waals surface area (Å²) < 4.78 is 22.5. The molecule has 1 aromatic carbocycles. The maximum absolute atomic E-state index is 13.1. The average Bonchev–Trinajstić information content (AvgIpc) is 3.23. The van der Waals surface area contributed by atoms with Crippen LogP contribution in [-0.2, 0) is 9.47 Å². The topological polar surface area (TPSA) is 57.2 Å². The van der Waals surface area contributed by atoms with Crippen molar-refractivity contribution >= 4 is 17.5 Å². The van der Waals surface area contributed by atoms with Gasteiger partial charge in [0.05, 0.1) is 32.0 Å².